The zero-order valence-corrected chi connectivity index (χ0v) is 11.0. The standard InChI is InChI=1S/C14H19N3O2/c1-10(18)12-4-2-3-5-13(12)16-6-7-17-11(9-16)8-15-14(17)19/h2-5,10-11,18H,6-9H2,1H3,(H,15,19)/t10-,11?/m0/s1. The van der Waals surface area contributed by atoms with Crippen LogP contribution in [0.5, 0.6) is 0 Å². The highest BCUT2D eigenvalue weighted by atomic mass is 16.3. The maximum atomic E-state index is 11.6. The second-order valence-electron chi connectivity index (χ2n) is 5.21. The lowest BCUT2D eigenvalue weighted by molar-refractivity contribution is 0.193. The van der Waals surface area contributed by atoms with Gasteiger partial charge in [0.2, 0.25) is 0 Å². The second-order valence-corrected chi connectivity index (χ2v) is 5.21. The van der Waals surface area contributed by atoms with Crippen molar-refractivity contribution in [3.63, 3.8) is 0 Å². The van der Waals surface area contributed by atoms with Crippen LogP contribution in [0.25, 0.3) is 0 Å². The maximum absolute atomic E-state index is 11.6. The van der Waals surface area contributed by atoms with E-state index in [1.807, 2.05) is 29.2 Å². The van der Waals surface area contributed by atoms with Crippen molar-refractivity contribution in [1.82, 2.24) is 10.2 Å². The van der Waals surface area contributed by atoms with Gasteiger partial charge in [-0.1, -0.05) is 18.2 Å². The zero-order chi connectivity index (χ0) is 13.4. The highest BCUT2D eigenvalue weighted by Gasteiger charge is 2.35. The number of nitrogens with zero attached hydrogens (tertiary/aromatic N) is 2. The number of para-hydroxylation sites is 1. The van der Waals surface area contributed by atoms with Gasteiger partial charge in [-0.15, -0.1) is 0 Å². The quantitative estimate of drug-likeness (QED) is 0.833. The monoisotopic (exact) mass is 261 g/mol. The van der Waals surface area contributed by atoms with E-state index in [-0.39, 0.29) is 12.1 Å². The molecule has 5 heteroatoms. The Kier molecular flexibility index (Phi) is 3.06. The lowest BCUT2D eigenvalue weighted by atomic mass is 10.1. The molecule has 0 aromatic heterocycles. The van der Waals surface area contributed by atoms with Crippen LogP contribution in [0.3, 0.4) is 0 Å². The number of amides is 2. The van der Waals surface area contributed by atoms with Crippen LogP contribution in [-0.2, 0) is 0 Å². The Morgan fingerprint density at radius 3 is 2.95 bits per heavy atom. The summed E-state index contributed by atoms with van der Waals surface area (Å²) in [6.45, 7) is 4.88. The lowest BCUT2D eigenvalue weighted by Crippen LogP contribution is -2.52. The summed E-state index contributed by atoms with van der Waals surface area (Å²) in [5.74, 6) is 0. The smallest absolute Gasteiger partial charge is 0.317 e. The number of urea groups is 1. The van der Waals surface area contributed by atoms with E-state index in [4.69, 9.17) is 0 Å². The molecule has 2 saturated heterocycles. The first-order valence-electron chi connectivity index (χ1n) is 6.73. The van der Waals surface area contributed by atoms with Gasteiger partial charge >= 0.3 is 6.03 Å². The van der Waals surface area contributed by atoms with E-state index in [0.29, 0.717) is 6.54 Å². The van der Waals surface area contributed by atoms with Gasteiger partial charge in [0, 0.05) is 37.4 Å². The van der Waals surface area contributed by atoms with E-state index >= 15 is 0 Å². The average Bonchev–Trinajstić information content (AvgIpc) is 2.80. The van der Waals surface area contributed by atoms with Crippen LogP contribution in [-0.4, -0.2) is 48.3 Å². The molecule has 1 aromatic carbocycles. The molecule has 2 heterocycles. The summed E-state index contributed by atoms with van der Waals surface area (Å²) in [5.41, 5.74) is 2.03. The number of nitrogens with one attached hydrogen (secondary N) is 1. The molecule has 0 saturated carbocycles. The molecule has 102 valence electrons. The van der Waals surface area contributed by atoms with Crippen molar-refractivity contribution in [2.75, 3.05) is 31.1 Å². The first-order chi connectivity index (χ1) is 9.16. The lowest BCUT2D eigenvalue weighted by Gasteiger charge is -2.38. The third-order valence-corrected chi connectivity index (χ3v) is 3.96. The van der Waals surface area contributed by atoms with Crippen LogP contribution in [0.4, 0.5) is 10.5 Å². The molecule has 1 aromatic rings. The van der Waals surface area contributed by atoms with Crippen LogP contribution < -0.4 is 10.2 Å². The van der Waals surface area contributed by atoms with Crippen molar-refractivity contribution in [3.05, 3.63) is 29.8 Å². The number of benzene rings is 1. The van der Waals surface area contributed by atoms with Gasteiger partial charge in [0.15, 0.2) is 0 Å². The molecule has 3 rings (SSSR count). The van der Waals surface area contributed by atoms with Gasteiger partial charge < -0.3 is 20.2 Å². The first kappa shape index (κ1) is 12.3. The van der Waals surface area contributed by atoms with Crippen LogP contribution in [0, 0.1) is 0 Å². The fourth-order valence-corrected chi connectivity index (χ4v) is 2.95. The molecule has 0 spiro atoms. The zero-order valence-electron chi connectivity index (χ0n) is 11.0. The van der Waals surface area contributed by atoms with Crippen molar-refractivity contribution in [2.24, 2.45) is 0 Å². The first-order valence-corrected chi connectivity index (χ1v) is 6.73. The summed E-state index contributed by atoms with van der Waals surface area (Å²) in [6, 6.07) is 8.23. The van der Waals surface area contributed by atoms with Gasteiger partial charge in [-0.3, -0.25) is 0 Å². The molecule has 0 radical (unpaired) electrons. The minimum Gasteiger partial charge on any atom is -0.389 e. The number of rotatable bonds is 2. The summed E-state index contributed by atoms with van der Waals surface area (Å²) < 4.78 is 0. The van der Waals surface area contributed by atoms with Gasteiger partial charge in [-0.05, 0) is 13.0 Å². The minimum absolute atomic E-state index is 0.0495. The van der Waals surface area contributed by atoms with Gasteiger partial charge in [0.1, 0.15) is 0 Å². The van der Waals surface area contributed by atoms with Crippen molar-refractivity contribution in [2.45, 2.75) is 19.1 Å². The predicted octanol–water partition coefficient (Wildman–Crippen LogP) is 0.954. The van der Waals surface area contributed by atoms with Crippen molar-refractivity contribution < 1.29 is 9.90 Å². The molecule has 2 fully saturated rings. The average molecular weight is 261 g/mol. The van der Waals surface area contributed by atoms with Crippen molar-refractivity contribution in [3.8, 4) is 0 Å². The van der Waals surface area contributed by atoms with Crippen LogP contribution in [0.15, 0.2) is 24.3 Å². The fraction of sp³-hybridized carbons (Fsp3) is 0.500. The van der Waals surface area contributed by atoms with E-state index in [0.717, 1.165) is 30.9 Å². The molecule has 0 aliphatic carbocycles. The summed E-state index contributed by atoms with van der Waals surface area (Å²) in [7, 11) is 0. The topological polar surface area (TPSA) is 55.8 Å². The second kappa shape index (κ2) is 4.74. The van der Waals surface area contributed by atoms with Gasteiger partial charge in [-0.2, -0.15) is 0 Å². The number of hydrogen-bond acceptors (Lipinski definition) is 3. The van der Waals surface area contributed by atoms with E-state index in [1.165, 1.54) is 0 Å². The van der Waals surface area contributed by atoms with E-state index in [2.05, 4.69) is 10.2 Å². The number of carbonyl (C=O) groups is 1. The molecular formula is C14H19N3O2. The number of piperazine rings is 1. The molecule has 19 heavy (non-hydrogen) atoms. The molecule has 0 bridgehead atoms. The molecule has 2 aliphatic heterocycles. The Hall–Kier alpha value is -1.75. The molecule has 2 amide bonds. The number of aliphatic hydroxyl groups excluding tert-OH is 1. The number of carbonyl (C=O) groups excluding carboxylic acids is 1. The van der Waals surface area contributed by atoms with Crippen LogP contribution >= 0.6 is 0 Å². The largest absolute Gasteiger partial charge is 0.389 e. The fourth-order valence-electron chi connectivity index (χ4n) is 2.95. The Morgan fingerprint density at radius 2 is 2.16 bits per heavy atom. The molecule has 2 N–H and O–H groups in total. The summed E-state index contributed by atoms with van der Waals surface area (Å²) in [4.78, 5) is 15.8. The molecule has 2 aliphatic rings. The van der Waals surface area contributed by atoms with E-state index < -0.39 is 6.10 Å². The third kappa shape index (κ3) is 2.14. The van der Waals surface area contributed by atoms with E-state index in [1.54, 1.807) is 6.92 Å². The Balaban J connectivity index is 1.83. The minimum atomic E-state index is -0.474. The number of hydrogen-bond donors (Lipinski definition) is 2. The normalized spacial score (nSPS) is 24.1. The predicted molar refractivity (Wildman–Crippen MR) is 73.2 cm³/mol. The SMILES string of the molecule is C[C@H](O)c1ccccc1N1CCN2C(=O)NCC2C1. The molecule has 5 nitrogen and oxygen atoms in total. The third-order valence-electron chi connectivity index (χ3n) is 3.96. The van der Waals surface area contributed by atoms with Gasteiger partial charge in [0.25, 0.3) is 0 Å². The number of aliphatic hydroxyl groups is 1. The van der Waals surface area contributed by atoms with Gasteiger partial charge in [-0.25, -0.2) is 4.79 Å². The summed E-state index contributed by atoms with van der Waals surface area (Å²) in [5, 5.41) is 12.7. The Bertz CT molecular complexity index is 489. The number of anilines is 1. The van der Waals surface area contributed by atoms with E-state index in [9.17, 15) is 9.90 Å². The summed E-state index contributed by atoms with van der Waals surface area (Å²) in [6.07, 6.45) is -0.474. The van der Waals surface area contributed by atoms with Crippen LogP contribution in [0.2, 0.25) is 0 Å². The van der Waals surface area contributed by atoms with Crippen molar-refractivity contribution >= 4 is 11.7 Å². The van der Waals surface area contributed by atoms with Gasteiger partial charge in [0.05, 0.1) is 12.1 Å². The summed E-state index contributed by atoms with van der Waals surface area (Å²) >= 11 is 0. The van der Waals surface area contributed by atoms with Crippen LogP contribution in [0.1, 0.15) is 18.6 Å². The number of fused-ring (bicyclic) bond motifs is 1. The molecule has 1 unspecified atom stereocenters. The highest BCUT2D eigenvalue weighted by Crippen LogP contribution is 2.28. The Morgan fingerprint density at radius 1 is 1.37 bits per heavy atom. The molecule has 2 atom stereocenters. The molecular weight excluding hydrogens is 242 g/mol. The Labute approximate surface area is 112 Å². The van der Waals surface area contributed by atoms with Crippen molar-refractivity contribution in [1.29, 1.82) is 0 Å². The highest BCUT2D eigenvalue weighted by molar-refractivity contribution is 5.77. The maximum Gasteiger partial charge on any atom is 0.317 e.